The Bertz CT molecular complexity index is 273. The van der Waals surface area contributed by atoms with E-state index in [2.05, 4.69) is 36.7 Å². The van der Waals surface area contributed by atoms with E-state index in [9.17, 15) is 0 Å². The van der Waals surface area contributed by atoms with Crippen molar-refractivity contribution >= 4 is 11.3 Å². The highest BCUT2D eigenvalue weighted by Crippen LogP contribution is 2.22. The van der Waals surface area contributed by atoms with Crippen molar-refractivity contribution < 1.29 is 4.74 Å². The molecular weight excluding hydrogens is 194 g/mol. The number of hydrogen-bond acceptors (Lipinski definition) is 3. The highest BCUT2D eigenvalue weighted by molar-refractivity contribution is 7.10. The molecule has 1 fully saturated rings. The quantitative estimate of drug-likeness (QED) is 0.829. The van der Waals surface area contributed by atoms with Crippen LogP contribution >= 0.6 is 11.3 Å². The first kappa shape index (κ1) is 10.1. The summed E-state index contributed by atoms with van der Waals surface area (Å²) in [7, 11) is 0. The lowest BCUT2D eigenvalue weighted by molar-refractivity contribution is 0.111. The molecule has 0 aliphatic carbocycles. The van der Waals surface area contributed by atoms with Crippen molar-refractivity contribution in [2.24, 2.45) is 0 Å². The summed E-state index contributed by atoms with van der Waals surface area (Å²) in [6, 6.07) is 5.26. The molecule has 2 heterocycles. The molecule has 3 heteroatoms. The minimum absolute atomic E-state index is 0.359. The van der Waals surface area contributed by atoms with Gasteiger partial charge in [-0.15, -0.1) is 11.3 Å². The van der Waals surface area contributed by atoms with Crippen LogP contribution in [0.25, 0.3) is 0 Å². The van der Waals surface area contributed by atoms with Gasteiger partial charge in [-0.3, -0.25) is 0 Å². The van der Waals surface area contributed by atoms with E-state index < -0.39 is 0 Å². The van der Waals surface area contributed by atoms with Gasteiger partial charge in [-0.25, -0.2) is 0 Å². The van der Waals surface area contributed by atoms with Gasteiger partial charge >= 0.3 is 0 Å². The monoisotopic (exact) mass is 211 g/mol. The standard InChI is InChI=1S/C11H17NOS/c1-8(11-4-3-7-14-11)12-10-5-6-13-9(10)2/h3-4,7-10,12H,5-6H2,1-2H3. The maximum atomic E-state index is 5.52. The molecule has 2 nitrogen and oxygen atoms in total. The molecule has 1 aromatic rings. The van der Waals surface area contributed by atoms with Crippen LogP contribution in [0.1, 0.15) is 31.2 Å². The first-order valence-electron chi connectivity index (χ1n) is 5.18. The molecule has 0 bridgehead atoms. The van der Waals surface area contributed by atoms with Gasteiger partial charge in [0.15, 0.2) is 0 Å². The van der Waals surface area contributed by atoms with E-state index in [1.807, 2.05) is 11.3 Å². The van der Waals surface area contributed by atoms with E-state index in [1.165, 1.54) is 4.88 Å². The molecule has 78 valence electrons. The SMILES string of the molecule is CC(NC1CCOC1C)c1cccs1. The highest BCUT2D eigenvalue weighted by Gasteiger charge is 2.25. The van der Waals surface area contributed by atoms with E-state index in [4.69, 9.17) is 4.74 Å². The summed E-state index contributed by atoms with van der Waals surface area (Å²) >= 11 is 1.81. The van der Waals surface area contributed by atoms with Crippen LogP contribution in [0.5, 0.6) is 0 Å². The highest BCUT2D eigenvalue weighted by atomic mass is 32.1. The lowest BCUT2D eigenvalue weighted by Crippen LogP contribution is -2.36. The van der Waals surface area contributed by atoms with Crippen molar-refractivity contribution in [2.75, 3.05) is 6.61 Å². The molecule has 3 unspecified atom stereocenters. The van der Waals surface area contributed by atoms with Gasteiger partial charge < -0.3 is 10.1 Å². The van der Waals surface area contributed by atoms with E-state index in [1.54, 1.807) is 0 Å². The Kier molecular flexibility index (Phi) is 3.21. The summed E-state index contributed by atoms with van der Waals surface area (Å²) in [6.07, 6.45) is 1.49. The molecule has 1 aliphatic heterocycles. The molecule has 0 spiro atoms. The van der Waals surface area contributed by atoms with Gasteiger partial charge in [0.25, 0.3) is 0 Å². The number of rotatable bonds is 3. The largest absolute Gasteiger partial charge is 0.377 e. The van der Waals surface area contributed by atoms with Gasteiger partial charge in [-0.05, 0) is 31.7 Å². The van der Waals surface area contributed by atoms with Crippen LogP contribution in [0.3, 0.4) is 0 Å². The van der Waals surface area contributed by atoms with Crippen LogP contribution in [0.2, 0.25) is 0 Å². The molecule has 2 rings (SSSR count). The lowest BCUT2D eigenvalue weighted by atomic mass is 10.1. The van der Waals surface area contributed by atoms with Crippen LogP contribution in [0, 0.1) is 0 Å². The molecule has 3 atom stereocenters. The summed E-state index contributed by atoms with van der Waals surface area (Å²) in [5.41, 5.74) is 0. The molecule has 0 radical (unpaired) electrons. The van der Waals surface area contributed by atoms with E-state index in [0.717, 1.165) is 13.0 Å². The number of hydrogen-bond donors (Lipinski definition) is 1. The van der Waals surface area contributed by atoms with Crippen LogP contribution in [0.15, 0.2) is 17.5 Å². The van der Waals surface area contributed by atoms with E-state index >= 15 is 0 Å². The topological polar surface area (TPSA) is 21.3 Å². The summed E-state index contributed by atoms with van der Waals surface area (Å²) in [5.74, 6) is 0. The Balaban J connectivity index is 1.91. The maximum Gasteiger partial charge on any atom is 0.0700 e. The molecule has 1 saturated heterocycles. The summed E-state index contributed by atoms with van der Waals surface area (Å²) in [5, 5.41) is 5.74. The summed E-state index contributed by atoms with van der Waals surface area (Å²) in [4.78, 5) is 1.41. The van der Waals surface area contributed by atoms with Crippen LogP contribution in [0.4, 0.5) is 0 Å². The third-order valence-corrected chi connectivity index (χ3v) is 3.87. The Morgan fingerprint density at radius 1 is 1.64 bits per heavy atom. The second kappa shape index (κ2) is 4.43. The van der Waals surface area contributed by atoms with E-state index in [0.29, 0.717) is 18.2 Å². The lowest BCUT2D eigenvalue weighted by Gasteiger charge is -2.20. The fourth-order valence-electron chi connectivity index (χ4n) is 1.89. The maximum absolute atomic E-state index is 5.52. The van der Waals surface area contributed by atoms with Gasteiger partial charge in [0.2, 0.25) is 0 Å². The molecule has 1 aromatic heterocycles. The van der Waals surface area contributed by atoms with Gasteiger partial charge in [0, 0.05) is 23.6 Å². The fourth-order valence-corrected chi connectivity index (χ4v) is 2.64. The second-order valence-corrected chi connectivity index (χ2v) is 4.85. The van der Waals surface area contributed by atoms with Crippen molar-refractivity contribution in [2.45, 2.75) is 38.5 Å². The van der Waals surface area contributed by atoms with Crippen LogP contribution < -0.4 is 5.32 Å². The Morgan fingerprint density at radius 2 is 2.50 bits per heavy atom. The van der Waals surface area contributed by atoms with Gasteiger partial charge in [0.1, 0.15) is 0 Å². The predicted molar refractivity (Wildman–Crippen MR) is 59.7 cm³/mol. The zero-order valence-electron chi connectivity index (χ0n) is 8.69. The zero-order chi connectivity index (χ0) is 9.97. The first-order chi connectivity index (χ1) is 6.77. The third kappa shape index (κ3) is 2.16. The third-order valence-electron chi connectivity index (χ3n) is 2.81. The van der Waals surface area contributed by atoms with Crippen LogP contribution in [-0.4, -0.2) is 18.8 Å². The first-order valence-corrected chi connectivity index (χ1v) is 6.06. The van der Waals surface area contributed by atoms with Crippen molar-refractivity contribution in [3.8, 4) is 0 Å². The van der Waals surface area contributed by atoms with Crippen LogP contribution in [-0.2, 0) is 4.74 Å². The Labute approximate surface area is 89.3 Å². The fraction of sp³-hybridized carbons (Fsp3) is 0.636. The smallest absolute Gasteiger partial charge is 0.0700 e. The van der Waals surface area contributed by atoms with Crippen molar-refractivity contribution in [1.29, 1.82) is 0 Å². The molecule has 0 saturated carbocycles. The van der Waals surface area contributed by atoms with Crippen molar-refractivity contribution in [1.82, 2.24) is 5.32 Å². The minimum atomic E-state index is 0.359. The average molecular weight is 211 g/mol. The Hall–Kier alpha value is -0.380. The van der Waals surface area contributed by atoms with E-state index in [-0.39, 0.29) is 0 Å². The molecular formula is C11H17NOS. The second-order valence-electron chi connectivity index (χ2n) is 3.87. The van der Waals surface area contributed by atoms with Gasteiger partial charge in [-0.1, -0.05) is 6.07 Å². The van der Waals surface area contributed by atoms with Crippen molar-refractivity contribution in [3.63, 3.8) is 0 Å². The molecule has 14 heavy (non-hydrogen) atoms. The zero-order valence-corrected chi connectivity index (χ0v) is 9.51. The molecule has 0 aromatic carbocycles. The van der Waals surface area contributed by atoms with Gasteiger partial charge in [-0.2, -0.15) is 0 Å². The summed E-state index contributed by atoms with van der Waals surface area (Å²) in [6.45, 7) is 5.26. The van der Waals surface area contributed by atoms with Gasteiger partial charge in [0.05, 0.1) is 6.10 Å². The molecule has 1 N–H and O–H groups in total. The minimum Gasteiger partial charge on any atom is -0.377 e. The Morgan fingerprint density at radius 3 is 3.07 bits per heavy atom. The van der Waals surface area contributed by atoms with Crippen molar-refractivity contribution in [3.05, 3.63) is 22.4 Å². The normalized spacial score (nSPS) is 29.3. The number of thiophene rings is 1. The predicted octanol–water partition coefficient (Wildman–Crippen LogP) is 2.58. The average Bonchev–Trinajstić information content (AvgIpc) is 2.77. The molecule has 1 aliphatic rings. The summed E-state index contributed by atoms with van der Waals surface area (Å²) < 4.78 is 5.52. The molecule has 0 amide bonds. The number of ether oxygens (including phenoxy) is 1. The number of nitrogens with one attached hydrogen (secondary N) is 1.